The van der Waals surface area contributed by atoms with Crippen LogP contribution in [0.15, 0.2) is 60.8 Å². The lowest BCUT2D eigenvalue weighted by atomic mass is 9.96. The number of phenolic OH excluding ortho intramolecular Hbond substituents is 1. The number of fused-ring (bicyclic) bond motifs is 2. The molecule has 5 heteroatoms. The highest BCUT2D eigenvalue weighted by molar-refractivity contribution is 6.07. The smallest absolute Gasteiger partial charge is 0.416 e. The van der Waals surface area contributed by atoms with Crippen molar-refractivity contribution in [2.75, 3.05) is 0 Å². The first-order valence-electron chi connectivity index (χ1n) is 7.34. The Labute approximate surface area is 135 Å². The summed E-state index contributed by atoms with van der Waals surface area (Å²) in [5, 5.41) is 12.8. The summed E-state index contributed by atoms with van der Waals surface area (Å²) in [6.45, 7) is 0. The van der Waals surface area contributed by atoms with E-state index in [4.69, 9.17) is 0 Å². The third-order valence-corrected chi connectivity index (χ3v) is 4.19. The molecule has 1 aromatic heterocycles. The normalized spacial score (nSPS) is 12.1. The fourth-order valence-corrected chi connectivity index (χ4v) is 3.05. The fourth-order valence-electron chi connectivity index (χ4n) is 3.05. The van der Waals surface area contributed by atoms with Crippen LogP contribution in [0.1, 0.15) is 5.56 Å². The van der Waals surface area contributed by atoms with Crippen LogP contribution in [0.4, 0.5) is 13.2 Å². The number of benzene rings is 3. The van der Waals surface area contributed by atoms with Crippen molar-refractivity contribution in [2.45, 2.75) is 6.18 Å². The second kappa shape index (κ2) is 5.03. The third kappa shape index (κ3) is 2.21. The molecular weight excluding hydrogens is 315 g/mol. The Bertz CT molecular complexity index is 1060. The fraction of sp³-hybridized carbons (Fsp3) is 0.0526. The number of aromatic nitrogens is 1. The van der Waals surface area contributed by atoms with Crippen LogP contribution >= 0.6 is 0 Å². The van der Waals surface area contributed by atoms with Crippen molar-refractivity contribution in [3.05, 3.63) is 66.4 Å². The molecule has 0 bridgehead atoms. The van der Waals surface area contributed by atoms with Crippen LogP contribution in [0.25, 0.3) is 32.8 Å². The Kier molecular flexibility index (Phi) is 3.06. The van der Waals surface area contributed by atoms with Crippen LogP contribution in [-0.2, 0) is 6.18 Å². The summed E-state index contributed by atoms with van der Waals surface area (Å²) in [4.78, 5) is 2.88. The summed E-state index contributed by atoms with van der Waals surface area (Å²) in [6, 6.07) is 14.6. The highest BCUT2D eigenvalue weighted by Gasteiger charge is 2.30. The maximum atomic E-state index is 12.9. The lowest BCUT2D eigenvalue weighted by Gasteiger charge is -2.09. The van der Waals surface area contributed by atoms with E-state index in [2.05, 4.69) is 4.98 Å². The van der Waals surface area contributed by atoms with E-state index in [1.807, 2.05) is 30.3 Å². The van der Waals surface area contributed by atoms with Crippen molar-refractivity contribution in [1.29, 1.82) is 0 Å². The molecule has 2 N–H and O–H groups in total. The summed E-state index contributed by atoms with van der Waals surface area (Å²) in [6.07, 6.45) is -2.76. The molecule has 0 amide bonds. The Morgan fingerprint density at radius 1 is 0.875 bits per heavy atom. The van der Waals surface area contributed by atoms with Crippen LogP contribution in [0.3, 0.4) is 0 Å². The highest BCUT2D eigenvalue weighted by atomic mass is 19.4. The predicted molar refractivity (Wildman–Crippen MR) is 87.9 cm³/mol. The largest absolute Gasteiger partial charge is 0.507 e. The number of hydrogen-bond donors (Lipinski definition) is 2. The van der Waals surface area contributed by atoms with E-state index < -0.39 is 11.7 Å². The van der Waals surface area contributed by atoms with Gasteiger partial charge in [0.2, 0.25) is 0 Å². The molecule has 3 aromatic carbocycles. The molecular formula is C19H12F3NO. The van der Waals surface area contributed by atoms with E-state index in [0.717, 1.165) is 22.9 Å². The first kappa shape index (κ1) is 14.6. The summed E-state index contributed by atoms with van der Waals surface area (Å²) in [7, 11) is 0. The van der Waals surface area contributed by atoms with E-state index in [9.17, 15) is 18.3 Å². The van der Waals surface area contributed by atoms with Gasteiger partial charge in [0.1, 0.15) is 5.75 Å². The monoisotopic (exact) mass is 327 g/mol. The second-order valence-electron chi connectivity index (χ2n) is 5.64. The van der Waals surface area contributed by atoms with Crippen molar-refractivity contribution in [2.24, 2.45) is 0 Å². The Morgan fingerprint density at radius 3 is 2.46 bits per heavy atom. The molecule has 24 heavy (non-hydrogen) atoms. The Hall–Kier alpha value is -2.95. The summed E-state index contributed by atoms with van der Waals surface area (Å²) < 4.78 is 38.6. The number of hydrogen-bond acceptors (Lipinski definition) is 1. The SMILES string of the molecule is Oc1ccc2ccccc2c1-c1c[nH]c2cc(C(F)(F)F)ccc12. The average Bonchev–Trinajstić information content (AvgIpc) is 2.97. The predicted octanol–water partition coefficient (Wildman–Crippen LogP) is 5.71. The van der Waals surface area contributed by atoms with Gasteiger partial charge in [0, 0.05) is 28.2 Å². The van der Waals surface area contributed by atoms with Gasteiger partial charge in [-0.2, -0.15) is 13.2 Å². The molecule has 0 saturated heterocycles. The molecule has 0 aliphatic rings. The molecule has 4 rings (SSSR count). The lowest BCUT2D eigenvalue weighted by molar-refractivity contribution is -0.137. The van der Waals surface area contributed by atoms with Crippen molar-refractivity contribution >= 4 is 21.7 Å². The van der Waals surface area contributed by atoms with Crippen LogP contribution in [0.5, 0.6) is 5.75 Å². The zero-order chi connectivity index (χ0) is 16.9. The second-order valence-corrected chi connectivity index (χ2v) is 5.64. The van der Waals surface area contributed by atoms with Gasteiger partial charge in [-0.05, 0) is 29.0 Å². The minimum Gasteiger partial charge on any atom is -0.507 e. The first-order chi connectivity index (χ1) is 11.4. The van der Waals surface area contributed by atoms with Crippen molar-refractivity contribution in [1.82, 2.24) is 4.98 Å². The molecule has 0 aliphatic heterocycles. The number of nitrogens with one attached hydrogen (secondary N) is 1. The Morgan fingerprint density at radius 2 is 1.67 bits per heavy atom. The van der Waals surface area contributed by atoms with Crippen molar-refractivity contribution in [3.8, 4) is 16.9 Å². The highest BCUT2D eigenvalue weighted by Crippen LogP contribution is 2.41. The molecule has 2 nitrogen and oxygen atoms in total. The molecule has 120 valence electrons. The average molecular weight is 327 g/mol. The van der Waals surface area contributed by atoms with Gasteiger partial charge in [-0.1, -0.05) is 36.4 Å². The molecule has 0 unspecified atom stereocenters. The van der Waals surface area contributed by atoms with Gasteiger partial charge in [-0.15, -0.1) is 0 Å². The number of H-pyrrole nitrogens is 1. The summed E-state index contributed by atoms with van der Waals surface area (Å²) in [5.74, 6) is 0.0921. The first-order valence-corrected chi connectivity index (χ1v) is 7.34. The number of rotatable bonds is 1. The quantitative estimate of drug-likeness (QED) is 0.461. The van der Waals surface area contributed by atoms with Gasteiger partial charge in [0.25, 0.3) is 0 Å². The van der Waals surface area contributed by atoms with E-state index in [1.54, 1.807) is 12.3 Å². The standard InChI is InChI=1S/C19H12F3NO/c20-19(21,22)12-6-7-14-15(10-23-16(14)9-12)18-13-4-2-1-3-11(13)5-8-17(18)24/h1-10,23-24H. The number of phenols is 1. The molecule has 0 aliphatic carbocycles. The van der Waals surface area contributed by atoms with Crippen LogP contribution in [-0.4, -0.2) is 10.1 Å². The molecule has 0 atom stereocenters. The summed E-state index contributed by atoms with van der Waals surface area (Å²) >= 11 is 0. The molecule has 0 fully saturated rings. The van der Waals surface area contributed by atoms with Gasteiger partial charge < -0.3 is 10.1 Å². The van der Waals surface area contributed by atoms with Crippen LogP contribution in [0.2, 0.25) is 0 Å². The topological polar surface area (TPSA) is 36.0 Å². The maximum absolute atomic E-state index is 12.9. The van der Waals surface area contributed by atoms with E-state index >= 15 is 0 Å². The van der Waals surface area contributed by atoms with Crippen LogP contribution in [0, 0.1) is 0 Å². The minimum atomic E-state index is -4.39. The van der Waals surface area contributed by atoms with Crippen LogP contribution < -0.4 is 0 Å². The van der Waals surface area contributed by atoms with Gasteiger partial charge >= 0.3 is 6.18 Å². The number of halogens is 3. The summed E-state index contributed by atoms with van der Waals surface area (Å²) in [5.41, 5.74) is 0.963. The van der Waals surface area contributed by atoms with Crippen molar-refractivity contribution < 1.29 is 18.3 Å². The molecule has 0 spiro atoms. The molecule has 4 aromatic rings. The molecule has 1 heterocycles. The van der Waals surface area contributed by atoms with Gasteiger partial charge in [0.15, 0.2) is 0 Å². The zero-order valence-corrected chi connectivity index (χ0v) is 12.4. The molecule has 0 radical (unpaired) electrons. The van der Waals surface area contributed by atoms with E-state index in [0.29, 0.717) is 22.0 Å². The minimum absolute atomic E-state index is 0.0921. The third-order valence-electron chi connectivity index (χ3n) is 4.19. The lowest BCUT2D eigenvalue weighted by Crippen LogP contribution is -2.04. The molecule has 0 saturated carbocycles. The van der Waals surface area contributed by atoms with Gasteiger partial charge in [-0.25, -0.2) is 0 Å². The number of aromatic hydroxyl groups is 1. The van der Waals surface area contributed by atoms with Gasteiger partial charge in [0.05, 0.1) is 5.56 Å². The maximum Gasteiger partial charge on any atom is 0.416 e. The zero-order valence-electron chi connectivity index (χ0n) is 12.4. The van der Waals surface area contributed by atoms with E-state index in [-0.39, 0.29) is 5.75 Å². The van der Waals surface area contributed by atoms with Crippen molar-refractivity contribution in [3.63, 3.8) is 0 Å². The van der Waals surface area contributed by atoms with Gasteiger partial charge in [-0.3, -0.25) is 0 Å². The van der Waals surface area contributed by atoms with E-state index in [1.165, 1.54) is 6.07 Å². The number of alkyl halides is 3. The number of aromatic amines is 1. The Balaban J connectivity index is 2.00.